The van der Waals surface area contributed by atoms with Gasteiger partial charge in [0.2, 0.25) is 0 Å². The van der Waals surface area contributed by atoms with Gasteiger partial charge in [-0.3, -0.25) is 9.20 Å². The van der Waals surface area contributed by atoms with E-state index in [1.165, 1.54) is 16.5 Å². The van der Waals surface area contributed by atoms with Gasteiger partial charge in [0.25, 0.3) is 5.56 Å². The van der Waals surface area contributed by atoms with Gasteiger partial charge >= 0.3 is 5.97 Å². The first kappa shape index (κ1) is 22.1. The number of aromatic nitrogens is 3. The number of fused-ring (bicyclic) bond motifs is 1. The Balaban J connectivity index is 1.92. The lowest BCUT2D eigenvalue weighted by Gasteiger charge is -2.22. The molecule has 1 atom stereocenters. The molecule has 7 nitrogen and oxygen atoms in total. The lowest BCUT2D eigenvalue weighted by molar-refractivity contribution is -0.156. The molecule has 3 aromatic rings. The number of carbonyl (C=O) groups is 1. The maximum absolute atomic E-state index is 14.8. The van der Waals surface area contributed by atoms with Crippen LogP contribution in [0.5, 0.6) is 0 Å². The Kier molecular flexibility index (Phi) is 6.08. The van der Waals surface area contributed by atoms with E-state index in [2.05, 4.69) is 9.97 Å². The molecule has 1 aliphatic rings. The summed E-state index contributed by atoms with van der Waals surface area (Å²) in [6.07, 6.45) is 2.78. The molecule has 1 aliphatic heterocycles. The largest absolute Gasteiger partial charge is 0.464 e. The molecule has 0 fully saturated rings. The van der Waals surface area contributed by atoms with Gasteiger partial charge in [-0.15, -0.1) is 0 Å². The van der Waals surface area contributed by atoms with Gasteiger partial charge in [-0.05, 0) is 44.5 Å². The van der Waals surface area contributed by atoms with E-state index in [1.807, 2.05) is 0 Å². The van der Waals surface area contributed by atoms with E-state index in [9.17, 15) is 14.0 Å². The van der Waals surface area contributed by atoms with E-state index in [0.717, 1.165) is 0 Å². The number of carbonyl (C=O) groups excluding carboxylic acids is 1. The molecule has 0 aliphatic carbocycles. The highest BCUT2D eigenvalue weighted by Crippen LogP contribution is 2.30. The fourth-order valence-electron chi connectivity index (χ4n) is 3.56. The molecule has 9 heteroatoms. The van der Waals surface area contributed by atoms with Crippen LogP contribution in [0.15, 0.2) is 35.3 Å². The summed E-state index contributed by atoms with van der Waals surface area (Å²) in [5, 5.41) is 0.244. The van der Waals surface area contributed by atoms with Crippen LogP contribution in [0, 0.1) is 19.7 Å². The van der Waals surface area contributed by atoms with Crippen LogP contribution < -0.4 is 5.56 Å². The molecular weight excluding hydrogens is 437 g/mol. The molecule has 166 valence electrons. The van der Waals surface area contributed by atoms with Gasteiger partial charge in [0, 0.05) is 34.5 Å². The molecule has 0 amide bonds. The van der Waals surface area contributed by atoms with Crippen LogP contribution in [0.1, 0.15) is 30.3 Å². The predicted molar refractivity (Wildman–Crippen MR) is 118 cm³/mol. The van der Waals surface area contributed by atoms with E-state index < -0.39 is 17.9 Å². The molecule has 32 heavy (non-hydrogen) atoms. The van der Waals surface area contributed by atoms with Gasteiger partial charge < -0.3 is 9.47 Å². The maximum atomic E-state index is 14.8. The van der Waals surface area contributed by atoms with Crippen LogP contribution in [0.2, 0.25) is 5.02 Å². The Morgan fingerprint density at radius 3 is 2.84 bits per heavy atom. The Morgan fingerprint density at radius 1 is 1.34 bits per heavy atom. The van der Waals surface area contributed by atoms with Gasteiger partial charge in [-0.2, -0.15) is 0 Å². The Bertz CT molecular complexity index is 1320. The Labute approximate surface area is 188 Å². The molecule has 3 heterocycles. The number of hydrogen-bond donors (Lipinski definition) is 0. The van der Waals surface area contributed by atoms with Crippen molar-refractivity contribution in [3.05, 3.63) is 68.6 Å². The molecule has 0 N–H and O–H groups in total. The van der Waals surface area contributed by atoms with Crippen molar-refractivity contribution in [3.8, 4) is 11.3 Å². The smallest absolute Gasteiger partial charge is 0.335 e. The summed E-state index contributed by atoms with van der Waals surface area (Å²) in [6, 6.07) is 4.24. The topological polar surface area (TPSA) is 82.8 Å². The summed E-state index contributed by atoms with van der Waals surface area (Å²) in [6.45, 7) is 5.55. The number of benzene rings is 1. The predicted octanol–water partition coefficient (Wildman–Crippen LogP) is 3.90. The first-order valence-electron chi connectivity index (χ1n) is 10.1. The second-order valence-electron chi connectivity index (χ2n) is 7.43. The van der Waals surface area contributed by atoms with Crippen LogP contribution >= 0.6 is 11.6 Å². The number of hydrogen-bond acceptors (Lipinski definition) is 6. The number of ether oxygens (including phenoxy) is 2. The third kappa shape index (κ3) is 4.03. The van der Waals surface area contributed by atoms with Crippen molar-refractivity contribution in [1.29, 1.82) is 0 Å². The Hall–Kier alpha value is -3.10. The quantitative estimate of drug-likeness (QED) is 0.552. The summed E-state index contributed by atoms with van der Waals surface area (Å²) in [5.74, 6) is -1.05. The van der Waals surface area contributed by atoms with Crippen molar-refractivity contribution in [2.24, 2.45) is 0 Å². The maximum Gasteiger partial charge on any atom is 0.335 e. The van der Waals surface area contributed by atoms with Crippen molar-refractivity contribution in [2.45, 2.75) is 33.3 Å². The molecular formula is C23H21ClFN3O4. The van der Waals surface area contributed by atoms with E-state index in [0.29, 0.717) is 22.5 Å². The lowest BCUT2D eigenvalue weighted by atomic mass is 10.0. The molecule has 1 aromatic carbocycles. The van der Waals surface area contributed by atoms with Gasteiger partial charge in [-0.1, -0.05) is 17.7 Å². The second-order valence-corrected chi connectivity index (χ2v) is 7.86. The summed E-state index contributed by atoms with van der Waals surface area (Å²) in [5.41, 5.74) is 2.46. The zero-order valence-electron chi connectivity index (χ0n) is 17.8. The number of esters is 1. The minimum atomic E-state index is -0.780. The minimum Gasteiger partial charge on any atom is -0.464 e. The summed E-state index contributed by atoms with van der Waals surface area (Å²) in [4.78, 5) is 34.4. The minimum absolute atomic E-state index is 0.165. The van der Waals surface area contributed by atoms with Crippen molar-refractivity contribution in [1.82, 2.24) is 14.4 Å². The van der Waals surface area contributed by atoms with Gasteiger partial charge in [0.1, 0.15) is 11.5 Å². The highest BCUT2D eigenvalue weighted by Gasteiger charge is 2.27. The van der Waals surface area contributed by atoms with Gasteiger partial charge in [0.05, 0.1) is 18.9 Å². The standard InChI is InChI=1S/C23H21ClFN3O4/c1-4-31-23(30)19-9-14(7-8-32-19)18-11-28-21(26-13(3)12(2)22(28)29)20(27-18)16-6-5-15(24)10-17(16)25/h5-7,10-11,19H,4,8-9H2,1-3H3. The average molecular weight is 458 g/mol. The van der Waals surface area contributed by atoms with Crippen LogP contribution in [-0.4, -0.2) is 39.7 Å². The van der Waals surface area contributed by atoms with Crippen LogP contribution in [0.3, 0.4) is 0 Å². The first-order chi connectivity index (χ1) is 15.3. The van der Waals surface area contributed by atoms with E-state index in [-0.39, 0.29) is 47.1 Å². The average Bonchev–Trinajstić information content (AvgIpc) is 2.78. The van der Waals surface area contributed by atoms with E-state index in [1.54, 1.807) is 39.1 Å². The monoisotopic (exact) mass is 457 g/mol. The van der Waals surface area contributed by atoms with Crippen molar-refractivity contribution in [3.63, 3.8) is 0 Å². The molecule has 0 bridgehead atoms. The first-order valence-corrected chi connectivity index (χ1v) is 10.5. The molecule has 0 saturated heterocycles. The van der Waals surface area contributed by atoms with Crippen LogP contribution in [0.4, 0.5) is 4.39 Å². The molecule has 4 rings (SSSR count). The third-order valence-electron chi connectivity index (χ3n) is 5.38. The van der Waals surface area contributed by atoms with Crippen molar-refractivity contribution < 1.29 is 18.7 Å². The number of nitrogens with zero attached hydrogens (tertiary/aromatic N) is 3. The van der Waals surface area contributed by atoms with E-state index >= 15 is 0 Å². The summed E-state index contributed by atoms with van der Waals surface area (Å²) < 4.78 is 26.8. The van der Waals surface area contributed by atoms with Gasteiger partial charge in [-0.25, -0.2) is 19.2 Å². The Morgan fingerprint density at radius 2 is 2.12 bits per heavy atom. The third-order valence-corrected chi connectivity index (χ3v) is 5.61. The number of rotatable bonds is 4. The lowest BCUT2D eigenvalue weighted by Crippen LogP contribution is -2.30. The normalized spacial score (nSPS) is 16.2. The SMILES string of the molecule is CCOC(=O)C1CC(c2cn3c(=O)c(C)c(C)nc3c(-c3ccc(Cl)cc3F)n2)=CCO1. The van der Waals surface area contributed by atoms with Crippen LogP contribution in [-0.2, 0) is 14.3 Å². The number of aryl methyl sites for hydroxylation is 1. The number of halogens is 2. The summed E-state index contributed by atoms with van der Waals surface area (Å²) in [7, 11) is 0. The van der Waals surface area contributed by atoms with Crippen molar-refractivity contribution in [2.75, 3.05) is 13.2 Å². The second kappa shape index (κ2) is 8.80. The van der Waals surface area contributed by atoms with Crippen molar-refractivity contribution >= 4 is 28.8 Å². The molecule has 0 saturated carbocycles. The zero-order valence-corrected chi connectivity index (χ0v) is 18.6. The highest BCUT2D eigenvalue weighted by atomic mass is 35.5. The molecule has 1 unspecified atom stereocenters. The molecule has 0 spiro atoms. The fraction of sp³-hybridized carbons (Fsp3) is 0.304. The highest BCUT2D eigenvalue weighted by molar-refractivity contribution is 6.30. The van der Waals surface area contributed by atoms with Gasteiger partial charge in [0.15, 0.2) is 11.8 Å². The molecule has 2 aromatic heterocycles. The summed E-state index contributed by atoms with van der Waals surface area (Å²) >= 11 is 5.92. The van der Waals surface area contributed by atoms with E-state index in [4.69, 9.17) is 21.1 Å². The van der Waals surface area contributed by atoms with Crippen LogP contribution in [0.25, 0.3) is 22.5 Å². The zero-order chi connectivity index (χ0) is 23.0. The molecule has 0 radical (unpaired) electrons. The fourth-order valence-corrected chi connectivity index (χ4v) is 3.71.